The van der Waals surface area contributed by atoms with Gasteiger partial charge in [0.1, 0.15) is 12.2 Å². The Hall–Kier alpha value is -1.75. The molecule has 31 heavy (non-hydrogen) atoms. The zero-order valence-electron chi connectivity index (χ0n) is 18.7. The van der Waals surface area contributed by atoms with E-state index >= 15 is 0 Å². The molecule has 0 saturated carbocycles. The topological polar surface area (TPSA) is 75.6 Å². The molecular formula is C22H35IN4O4. The van der Waals surface area contributed by atoms with Crippen LogP contribution in [0.4, 0.5) is 0 Å². The van der Waals surface area contributed by atoms with Crippen LogP contribution in [0.1, 0.15) is 26.7 Å². The highest BCUT2D eigenvalue weighted by molar-refractivity contribution is 14.0. The van der Waals surface area contributed by atoms with Crippen molar-refractivity contribution in [2.45, 2.75) is 38.9 Å². The lowest BCUT2D eigenvalue weighted by atomic mass is 10.2. The van der Waals surface area contributed by atoms with E-state index in [4.69, 9.17) is 19.2 Å². The van der Waals surface area contributed by atoms with Gasteiger partial charge in [0.05, 0.1) is 13.7 Å². The molecule has 1 aromatic carbocycles. The highest BCUT2D eigenvalue weighted by Gasteiger charge is 2.30. The lowest BCUT2D eigenvalue weighted by molar-refractivity contribution is -0.142. The van der Waals surface area contributed by atoms with Gasteiger partial charge in [-0.25, -0.2) is 4.99 Å². The fourth-order valence-electron chi connectivity index (χ4n) is 3.73. The van der Waals surface area contributed by atoms with Crippen molar-refractivity contribution in [3.05, 3.63) is 24.3 Å². The van der Waals surface area contributed by atoms with Gasteiger partial charge >= 0.3 is 0 Å². The molecule has 3 rings (SSSR count). The summed E-state index contributed by atoms with van der Waals surface area (Å²) in [5.74, 6) is 2.42. The van der Waals surface area contributed by atoms with Gasteiger partial charge in [-0.15, -0.1) is 24.0 Å². The predicted octanol–water partition coefficient (Wildman–Crippen LogP) is 2.37. The molecule has 2 fully saturated rings. The van der Waals surface area contributed by atoms with E-state index in [-0.39, 0.29) is 42.1 Å². The number of carbonyl (C=O) groups is 1. The number of ether oxygens (including phenoxy) is 3. The van der Waals surface area contributed by atoms with E-state index < -0.39 is 0 Å². The van der Waals surface area contributed by atoms with Crippen molar-refractivity contribution in [2.75, 3.05) is 53.0 Å². The summed E-state index contributed by atoms with van der Waals surface area (Å²) < 4.78 is 16.9. The number of methoxy groups -OCH3 is 1. The maximum Gasteiger partial charge on any atom is 0.251 e. The number of piperazine rings is 1. The highest BCUT2D eigenvalue weighted by Crippen LogP contribution is 2.26. The van der Waals surface area contributed by atoms with Crippen LogP contribution in [-0.2, 0) is 9.53 Å². The maximum absolute atomic E-state index is 12.6. The molecule has 9 heteroatoms. The van der Waals surface area contributed by atoms with E-state index in [1.807, 2.05) is 36.1 Å². The third-order valence-electron chi connectivity index (χ3n) is 5.33. The number of amides is 1. The van der Waals surface area contributed by atoms with Gasteiger partial charge in [0.2, 0.25) is 0 Å². The van der Waals surface area contributed by atoms with Gasteiger partial charge in [0, 0.05) is 39.3 Å². The van der Waals surface area contributed by atoms with E-state index in [0.29, 0.717) is 37.7 Å². The Balaban J connectivity index is 0.00000341. The van der Waals surface area contributed by atoms with Crippen molar-refractivity contribution >= 4 is 35.8 Å². The monoisotopic (exact) mass is 546 g/mol. The molecule has 0 aliphatic carbocycles. The molecule has 2 saturated heterocycles. The molecule has 174 valence electrons. The second kappa shape index (κ2) is 12.9. The van der Waals surface area contributed by atoms with E-state index in [2.05, 4.69) is 17.1 Å². The zero-order valence-corrected chi connectivity index (χ0v) is 21.0. The standard InChI is InChI=1S/C22H34N4O4.HI/c1-4-23-22(24-16-17(2)30-19-9-6-5-8-18(19)28-3)26-13-11-25(12-14-26)21(27)20-10-7-15-29-20;/h5-6,8-9,17,20H,4,7,10-16H2,1-3H3,(H,23,24);1H. The molecule has 0 spiro atoms. The van der Waals surface area contributed by atoms with Gasteiger partial charge < -0.3 is 29.3 Å². The molecule has 2 heterocycles. The number of rotatable bonds is 7. The molecule has 1 N–H and O–H groups in total. The quantitative estimate of drug-likeness (QED) is 0.322. The second-order valence-electron chi connectivity index (χ2n) is 7.59. The summed E-state index contributed by atoms with van der Waals surface area (Å²) in [6, 6.07) is 7.62. The molecule has 0 aromatic heterocycles. The van der Waals surface area contributed by atoms with Crippen molar-refractivity contribution < 1.29 is 19.0 Å². The minimum atomic E-state index is -0.244. The Morgan fingerprint density at radius 1 is 1.23 bits per heavy atom. The third kappa shape index (κ3) is 7.13. The van der Waals surface area contributed by atoms with Crippen LogP contribution < -0.4 is 14.8 Å². The normalized spacial score (nSPS) is 20.1. The Kier molecular flexibility index (Phi) is 10.7. The fraction of sp³-hybridized carbons (Fsp3) is 0.636. The highest BCUT2D eigenvalue weighted by atomic mass is 127. The van der Waals surface area contributed by atoms with Gasteiger partial charge in [0.25, 0.3) is 5.91 Å². The maximum atomic E-state index is 12.6. The van der Waals surface area contributed by atoms with Crippen LogP contribution >= 0.6 is 24.0 Å². The van der Waals surface area contributed by atoms with E-state index in [9.17, 15) is 4.79 Å². The van der Waals surface area contributed by atoms with Crippen molar-refractivity contribution in [2.24, 2.45) is 4.99 Å². The van der Waals surface area contributed by atoms with Crippen molar-refractivity contribution in [3.8, 4) is 11.5 Å². The first-order chi connectivity index (χ1) is 14.6. The van der Waals surface area contributed by atoms with Crippen molar-refractivity contribution in [1.82, 2.24) is 15.1 Å². The van der Waals surface area contributed by atoms with Crippen LogP contribution in [0.15, 0.2) is 29.3 Å². The number of benzene rings is 1. The van der Waals surface area contributed by atoms with Gasteiger partial charge in [-0.05, 0) is 38.8 Å². The van der Waals surface area contributed by atoms with Crippen LogP contribution in [0, 0.1) is 0 Å². The van der Waals surface area contributed by atoms with Gasteiger partial charge in [0.15, 0.2) is 17.5 Å². The molecule has 8 nitrogen and oxygen atoms in total. The average molecular weight is 546 g/mol. The molecule has 1 amide bonds. The summed E-state index contributed by atoms with van der Waals surface area (Å²) in [6.07, 6.45) is 1.47. The minimum absolute atomic E-state index is 0. The molecule has 2 unspecified atom stereocenters. The fourth-order valence-corrected chi connectivity index (χ4v) is 3.73. The van der Waals surface area contributed by atoms with Crippen LogP contribution in [0.25, 0.3) is 0 Å². The van der Waals surface area contributed by atoms with Crippen molar-refractivity contribution in [1.29, 1.82) is 0 Å². The summed E-state index contributed by atoms with van der Waals surface area (Å²) in [4.78, 5) is 21.5. The first-order valence-corrected chi connectivity index (χ1v) is 10.9. The number of guanidine groups is 1. The number of aliphatic imine (C=N–C) groups is 1. The lowest BCUT2D eigenvalue weighted by Gasteiger charge is -2.37. The van der Waals surface area contributed by atoms with E-state index in [1.54, 1.807) is 7.11 Å². The van der Waals surface area contributed by atoms with Gasteiger partial charge in [-0.3, -0.25) is 4.79 Å². The Morgan fingerprint density at radius 3 is 2.52 bits per heavy atom. The van der Waals surface area contributed by atoms with Crippen LogP contribution in [0.3, 0.4) is 0 Å². The molecule has 1 aromatic rings. The van der Waals surface area contributed by atoms with Gasteiger partial charge in [-0.1, -0.05) is 12.1 Å². The smallest absolute Gasteiger partial charge is 0.251 e. The van der Waals surface area contributed by atoms with Crippen LogP contribution in [0.5, 0.6) is 11.5 Å². The van der Waals surface area contributed by atoms with E-state index in [0.717, 1.165) is 38.4 Å². The van der Waals surface area contributed by atoms with Crippen LogP contribution in [-0.4, -0.2) is 86.9 Å². The number of hydrogen-bond acceptors (Lipinski definition) is 5. The molecule has 2 aliphatic rings. The largest absolute Gasteiger partial charge is 0.493 e. The van der Waals surface area contributed by atoms with E-state index in [1.165, 1.54) is 0 Å². The summed E-state index contributed by atoms with van der Waals surface area (Å²) >= 11 is 0. The molecular weight excluding hydrogens is 511 g/mol. The van der Waals surface area contributed by atoms with Crippen LogP contribution in [0.2, 0.25) is 0 Å². The Bertz CT molecular complexity index is 719. The second-order valence-corrected chi connectivity index (χ2v) is 7.59. The molecule has 0 bridgehead atoms. The molecule has 2 aliphatic heterocycles. The SMILES string of the molecule is CCNC(=NCC(C)Oc1ccccc1OC)N1CCN(C(=O)C2CCCO2)CC1.I. The summed E-state index contributed by atoms with van der Waals surface area (Å²) in [7, 11) is 1.64. The number of carbonyl (C=O) groups excluding carboxylic acids is 1. The Labute approximate surface area is 202 Å². The average Bonchev–Trinajstić information content (AvgIpc) is 3.31. The summed E-state index contributed by atoms with van der Waals surface area (Å²) in [5.41, 5.74) is 0. The zero-order chi connectivity index (χ0) is 21.3. The number of hydrogen-bond donors (Lipinski definition) is 1. The number of halogens is 1. The summed E-state index contributed by atoms with van der Waals surface area (Å²) in [5, 5.41) is 3.36. The lowest BCUT2D eigenvalue weighted by Crippen LogP contribution is -2.55. The number of para-hydroxylation sites is 2. The Morgan fingerprint density at radius 2 is 1.90 bits per heavy atom. The number of nitrogens with zero attached hydrogens (tertiary/aromatic N) is 3. The predicted molar refractivity (Wildman–Crippen MR) is 132 cm³/mol. The van der Waals surface area contributed by atoms with Crippen molar-refractivity contribution in [3.63, 3.8) is 0 Å². The number of nitrogens with one attached hydrogen (secondary N) is 1. The first-order valence-electron chi connectivity index (χ1n) is 10.9. The summed E-state index contributed by atoms with van der Waals surface area (Å²) in [6.45, 7) is 8.96. The third-order valence-corrected chi connectivity index (χ3v) is 5.33. The van der Waals surface area contributed by atoms with Gasteiger partial charge in [-0.2, -0.15) is 0 Å². The minimum Gasteiger partial charge on any atom is -0.493 e. The molecule has 2 atom stereocenters. The first kappa shape index (κ1) is 25.5. The molecule has 0 radical (unpaired) electrons.